The highest BCUT2D eigenvalue weighted by Crippen LogP contribution is 2.10. The molecule has 1 rings (SSSR count). The Bertz CT molecular complexity index is 519. The summed E-state index contributed by atoms with van der Waals surface area (Å²) in [6.07, 6.45) is 2.40. The molecule has 0 radical (unpaired) electrons. The van der Waals surface area contributed by atoms with Crippen LogP contribution < -0.4 is 5.32 Å². The minimum absolute atomic E-state index is 0.358. The fraction of sp³-hybridized carbons (Fsp3) is 0.214. The molecule has 6 heteroatoms. The Hall–Kier alpha value is -2.63. The maximum Gasteiger partial charge on any atom is 0.338 e. The number of carbonyl (C=O) groups is 3. The quantitative estimate of drug-likeness (QED) is 0.611. The molecule has 0 aliphatic heterocycles. The van der Waals surface area contributed by atoms with Gasteiger partial charge < -0.3 is 15.2 Å². The number of anilines is 1. The molecular weight excluding hydrogens is 262 g/mol. The van der Waals surface area contributed by atoms with Gasteiger partial charge in [-0.3, -0.25) is 4.79 Å². The first-order valence-corrected chi connectivity index (χ1v) is 6.02. The molecule has 0 atom stereocenters. The largest absolute Gasteiger partial charge is 0.478 e. The van der Waals surface area contributed by atoms with Crippen LogP contribution in [0.5, 0.6) is 0 Å². The van der Waals surface area contributed by atoms with E-state index in [1.54, 1.807) is 0 Å². The Kier molecular flexibility index (Phi) is 5.96. The van der Waals surface area contributed by atoms with Crippen molar-refractivity contribution >= 4 is 23.5 Å². The van der Waals surface area contributed by atoms with Crippen molar-refractivity contribution in [3.63, 3.8) is 0 Å². The molecule has 0 saturated heterocycles. The summed E-state index contributed by atoms with van der Waals surface area (Å²) in [5, 5.41) is 10.8. The lowest BCUT2D eigenvalue weighted by Gasteiger charge is -2.05. The first-order chi connectivity index (χ1) is 9.52. The number of carboxylic acid groups (broad SMARTS) is 1. The van der Waals surface area contributed by atoms with Crippen LogP contribution in [0.3, 0.4) is 0 Å². The second-order valence-electron chi connectivity index (χ2n) is 3.87. The summed E-state index contributed by atoms with van der Waals surface area (Å²) in [6, 6.07) is 6.12. The second kappa shape index (κ2) is 7.73. The van der Waals surface area contributed by atoms with E-state index in [0.717, 1.165) is 18.6 Å². The number of aliphatic carboxylic acids is 1. The molecule has 20 heavy (non-hydrogen) atoms. The topological polar surface area (TPSA) is 92.7 Å². The molecule has 0 aliphatic rings. The molecule has 0 fully saturated rings. The van der Waals surface area contributed by atoms with Gasteiger partial charge in [0, 0.05) is 17.8 Å². The average molecular weight is 277 g/mol. The van der Waals surface area contributed by atoms with Crippen LogP contribution in [0.4, 0.5) is 5.69 Å². The predicted molar refractivity (Wildman–Crippen MR) is 72.4 cm³/mol. The number of esters is 1. The van der Waals surface area contributed by atoms with E-state index in [-0.39, 0.29) is 0 Å². The van der Waals surface area contributed by atoms with Crippen LogP contribution >= 0.6 is 0 Å². The summed E-state index contributed by atoms with van der Waals surface area (Å²) in [5.74, 6) is -2.18. The SMILES string of the molecule is CCCOC(=O)c1ccc(NC(=O)/C=C\C(=O)O)cc1. The van der Waals surface area contributed by atoms with E-state index in [1.807, 2.05) is 6.92 Å². The fourth-order valence-corrected chi connectivity index (χ4v) is 1.30. The molecule has 0 saturated carbocycles. The zero-order chi connectivity index (χ0) is 15.0. The van der Waals surface area contributed by atoms with Crippen molar-refractivity contribution in [2.24, 2.45) is 0 Å². The van der Waals surface area contributed by atoms with Crippen LogP contribution in [0.2, 0.25) is 0 Å². The van der Waals surface area contributed by atoms with Crippen molar-refractivity contribution in [3.8, 4) is 0 Å². The van der Waals surface area contributed by atoms with Crippen molar-refractivity contribution in [1.29, 1.82) is 0 Å². The van der Waals surface area contributed by atoms with Crippen molar-refractivity contribution in [1.82, 2.24) is 0 Å². The van der Waals surface area contributed by atoms with Gasteiger partial charge in [-0.1, -0.05) is 6.92 Å². The van der Waals surface area contributed by atoms with Crippen LogP contribution in [-0.2, 0) is 14.3 Å². The fourth-order valence-electron chi connectivity index (χ4n) is 1.30. The highest BCUT2D eigenvalue weighted by atomic mass is 16.5. The molecule has 6 nitrogen and oxygen atoms in total. The Balaban J connectivity index is 2.60. The van der Waals surface area contributed by atoms with Crippen LogP contribution in [0.1, 0.15) is 23.7 Å². The van der Waals surface area contributed by atoms with Gasteiger partial charge in [-0.15, -0.1) is 0 Å². The number of benzene rings is 1. The smallest absolute Gasteiger partial charge is 0.338 e. The molecule has 0 heterocycles. The molecule has 2 N–H and O–H groups in total. The molecule has 1 aromatic carbocycles. The molecule has 0 unspecified atom stereocenters. The zero-order valence-electron chi connectivity index (χ0n) is 11.0. The van der Waals surface area contributed by atoms with Gasteiger partial charge in [0.2, 0.25) is 5.91 Å². The predicted octanol–water partition coefficient (Wildman–Crippen LogP) is 1.83. The first kappa shape index (κ1) is 15.4. The third kappa shape index (κ3) is 5.34. The van der Waals surface area contributed by atoms with Crippen molar-refractivity contribution in [3.05, 3.63) is 42.0 Å². The number of rotatable bonds is 6. The van der Waals surface area contributed by atoms with E-state index in [2.05, 4.69) is 5.32 Å². The number of ether oxygens (including phenoxy) is 1. The maximum absolute atomic E-state index is 11.5. The normalized spacial score (nSPS) is 10.2. The van der Waals surface area contributed by atoms with Gasteiger partial charge >= 0.3 is 11.9 Å². The number of amides is 1. The summed E-state index contributed by atoms with van der Waals surface area (Å²) in [4.78, 5) is 33.1. The summed E-state index contributed by atoms with van der Waals surface area (Å²) >= 11 is 0. The Morgan fingerprint density at radius 1 is 1.20 bits per heavy atom. The second-order valence-corrected chi connectivity index (χ2v) is 3.87. The molecule has 0 aliphatic carbocycles. The highest BCUT2D eigenvalue weighted by molar-refractivity contribution is 6.02. The van der Waals surface area contributed by atoms with Crippen molar-refractivity contribution < 1.29 is 24.2 Å². The lowest BCUT2D eigenvalue weighted by atomic mass is 10.2. The van der Waals surface area contributed by atoms with Gasteiger partial charge in [0.25, 0.3) is 0 Å². The van der Waals surface area contributed by atoms with Gasteiger partial charge in [-0.05, 0) is 30.7 Å². The van der Waals surface area contributed by atoms with Gasteiger partial charge in [-0.25, -0.2) is 9.59 Å². The molecule has 0 spiro atoms. The minimum atomic E-state index is -1.20. The molecular formula is C14H15NO5. The molecule has 0 bridgehead atoms. The molecule has 106 valence electrons. The average Bonchev–Trinajstić information content (AvgIpc) is 2.43. The van der Waals surface area contributed by atoms with Crippen LogP contribution in [-0.4, -0.2) is 29.6 Å². The Labute approximate surface area is 116 Å². The van der Waals surface area contributed by atoms with Crippen LogP contribution in [0.15, 0.2) is 36.4 Å². The monoisotopic (exact) mass is 277 g/mol. The van der Waals surface area contributed by atoms with E-state index in [4.69, 9.17) is 9.84 Å². The van der Waals surface area contributed by atoms with Crippen LogP contribution in [0.25, 0.3) is 0 Å². The Morgan fingerprint density at radius 3 is 2.40 bits per heavy atom. The van der Waals surface area contributed by atoms with E-state index >= 15 is 0 Å². The van der Waals surface area contributed by atoms with E-state index in [1.165, 1.54) is 24.3 Å². The molecule has 1 amide bonds. The molecule has 0 aromatic heterocycles. The summed E-state index contributed by atoms with van der Waals surface area (Å²) in [5.41, 5.74) is 0.842. The lowest BCUT2D eigenvalue weighted by molar-refractivity contribution is -0.131. The van der Waals surface area contributed by atoms with Crippen molar-refractivity contribution in [2.75, 3.05) is 11.9 Å². The lowest BCUT2D eigenvalue weighted by Crippen LogP contribution is -2.09. The number of hydrogen-bond acceptors (Lipinski definition) is 4. The maximum atomic E-state index is 11.5. The van der Waals surface area contributed by atoms with E-state index < -0.39 is 17.8 Å². The number of nitrogens with one attached hydrogen (secondary N) is 1. The zero-order valence-corrected chi connectivity index (χ0v) is 11.0. The standard InChI is InChI=1S/C14H15NO5/c1-2-9-20-14(19)10-3-5-11(6-4-10)15-12(16)7-8-13(17)18/h3-8H,2,9H2,1H3,(H,15,16)(H,17,18)/b8-7-. The van der Waals surface area contributed by atoms with E-state index in [0.29, 0.717) is 17.9 Å². The third-order valence-electron chi connectivity index (χ3n) is 2.20. The van der Waals surface area contributed by atoms with E-state index in [9.17, 15) is 14.4 Å². The van der Waals surface area contributed by atoms with Crippen LogP contribution in [0, 0.1) is 0 Å². The first-order valence-electron chi connectivity index (χ1n) is 6.02. The number of carboxylic acids is 1. The summed E-state index contributed by atoms with van der Waals surface area (Å²) in [7, 11) is 0. The minimum Gasteiger partial charge on any atom is -0.478 e. The van der Waals surface area contributed by atoms with Gasteiger partial charge in [0.15, 0.2) is 0 Å². The van der Waals surface area contributed by atoms with Gasteiger partial charge in [-0.2, -0.15) is 0 Å². The van der Waals surface area contributed by atoms with Gasteiger partial charge in [0.05, 0.1) is 12.2 Å². The Morgan fingerprint density at radius 2 is 1.85 bits per heavy atom. The number of carbonyl (C=O) groups excluding carboxylic acids is 2. The molecule has 1 aromatic rings. The number of hydrogen-bond donors (Lipinski definition) is 2. The van der Waals surface area contributed by atoms with Crippen molar-refractivity contribution in [2.45, 2.75) is 13.3 Å². The summed E-state index contributed by atoms with van der Waals surface area (Å²) in [6.45, 7) is 2.26. The summed E-state index contributed by atoms with van der Waals surface area (Å²) < 4.78 is 4.96. The van der Waals surface area contributed by atoms with Gasteiger partial charge in [0.1, 0.15) is 0 Å². The highest BCUT2D eigenvalue weighted by Gasteiger charge is 2.06. The third-order valence-corrected chi connectivity index (χ3v) is 2.20.